The van der Waals surface area contributed by atoms with Crippen LogP contribution in [0.25, 0.3) is 0 Å². The number of benzene rings is 2. The number of aryl methyl sites for hydroxylation is 1. The average Bonchev–Trinajstić information content (AvgIpc) is 2.71. The van der Waals surface area contributed by atoms with Gasteiger partial charge in [0, 0.05) is 31.7 Å². The number of hydrogen-bond acceptors (Lipinski definition) is 3. The molecule has 0 unspecified atom stereocenters. The molecule has 6 nitrogen and oxygen atoms in total. The molecule has 0 aromatic heterocycles. The number of amides is 1. The zero-order valence-electron chi connectivity index (χ0n) is 18.4. The van der Waals surface area contributed by atoms with Crippen molar-refractivity contribution in [3.8, 4) is 0 Å². The first-order valence-electron chi connectivity index (χ1n) is 10.1. The molecule has 0 radical (unpaired) electrons. The van der Waals surface area contributed by atoms with Crippen molar-refractivity contribution in [3.05, 3.63) is 70.8 Å². The van der Waals surface area contributed by atoms with Gasteiger partial charge in [-0.3, -0.25) is 4.79 Å². The van der Waals surface area contributed by atoms with Crippen molar-refractivity contribution in [1.29, 1.82) is 0 Å². The number of carbonyl (C=O) groups is 1. The van der Waals surface area contributed by atoms with Crippen LogP contribution in [-0.4, -0.2) is 50.5 Å². The fourth-order valence-corrected chi connectivity index (χ4v) is 2.71. The van der Waals surface area contributed by atoms with E-state index in [0.717, 1.165) is 24.6 Å². The lowest BCUT2D eigenvalue weighted by Gasteiger charge is -2.12. The van der Waals surface area contributed by atoms with E-state index < -0.39 is 0 Å². The molecule has 0 spiro atoms. The summed E-state index contributed by atoms with van der Waals surface area (Å²) in [5.41, 5.74) is 4.12. The van der Waals surface area contributed by atoms with Crippen molar-refractivity contribution >= 4 is 35.8 Å². The second-order valence-corrected chi connectivity index (χ2v) is 7.29. The Kier molecular flexibility index (Phi) is 12.1. The standard InChI is InChI=1S/C23H33N5O.HI/c1-5-24-23(26-16-19-11-9-18(2)10-12-19)27-17-20-7-6-8-21(15-20)22(29)25-13-14-28(3)4;/h6-12,15H,5,13-14,16-17H2,1-4H3,(H,25,29)(H2,24,26,27);1H. The number of nitrogens with zero attached hydrogens (tertiary/aromatic N) is 2. The summed E-state index contributed by atoms with van der Waals surface area (Å²) in [7, 11) is 3.97. The van der Waals surface area contributed by atoms with Crippen LogP contribution in [0.3, 0.4) is 0 Å². The van der Waals surface area contributed by atoms with Gasteiger partial charge in [-0.1, -0.05) is 42.0 Å². The number of halogens is 1. The van der Waals surface area contributed by atoms with Gasteiger partial charge in [0.05, 0.1) is 6.54 Å². The van der Waals surface area contributed by atoms with Crippen molar-refractivity contribution in [3.63, 3.8) is 0 Å². The molecule has 0 bridgehead atoms. The molecular formula is C23H34IN5O. The van der Waals surface area contributed by atoms with Gasteiger partial charge in [-0.2, -0.15) is 0 Å². The molecule has 3 N–H and O–H groups in total. The SMILES string of the molecule is CCNC(=NCc1cccc(C(=O)NCCN(C)C)c1)NCc1ccc(C)cc1.I. The number of guanidine groups is 1. The first kappa shape index (κ1) is 25.9. The Hall–Kier alpha value is -2.13. The summed E-state index contributed by atoms with van der Waals surface area (Å²) in [5, 5.41) is 9.57. The number of aliphatic imine (C=N–C) groups is 1. The molecule has 0 aliphatic carbocycles. The molecule has 0 saturated heterocycles. The van der Waals surface area contributed by atoms with Crippen molar-refractivity contribution in [2.75, 3.05) is 33.7 Å². The second kappa shape index (κ2) is 14.0. The van der Waals surface area contributed by atoms with Crippen LogP contribution in [0.15, 0.2) is 53.5 Å². The lowest BCUT2D eigenvalue weighted by Crippen LogP contribution is -2.36. The molecule has 0 fully saturated rings. The minimum absolute atomic E-state index is 0. The smallest absolute Gasteiger partial charge is 0.251 e. The quantitative estimate of drug-likeness (QED) is 0.269. The van der Waals surface area contributed by atoms with E-state index in [0.29, 0.717) is 25.2 Å². The zero-order chi connectivity index (χ0) is 21.1. The predicted octanol–water partition coefficient (Wildman–Crippen LogP) is 3.16. The van der Waals surface area contributed by atoms with Crippen molar-refractivity contribution in [2.24, 2.45) is 4.99 Å². The van der Waals surface area contributed by atoms with Crippen LogP contribution in [-0.2, 0) is 13.1 Å². The monoisotopic (exact) mass is 523 g/mol. The molecule has 0 aliphatic rings. The van der Waals surface area contributed by atoms with Crippen molar-refractivity contribution < 1.29 is 4.79 Å². The highest BCUT2D eigenvalue weighted by Crippen LogP contribution is 2.07. The predicted molar refractivity (Wildman–Crippen MR) is 136 cm³/mol. The maximum absolute atomic E-state index is 12.3. The summed E-state index contributed by atoms with van der Waals surface area (Å²) in [4.78, 5) is 19.0. The molecule has 0 heterocycles. The van der Waals surface area contributed by atoms with Crippen LogP contribution in [0.1, 0.15) is 34.0 Å². The third-order valence-electron chi connectivity index (χ3n) is 4.38. The largest absolute Gasteiger partial charge is 0.357 e. The lowest BCUT2D eigenvalue weighted by atomic mass is 10.1. The highest BCUT2D eigenvalue weighted by molar-refractivity contribution is 14.0. The molecule has 7 heteroatoms. The molecule has 164 valence electrons. The van der Waals surface area contributed by atoms with E-state index in [1.165, 1.54) is 11.1 Å². The molecular weight excluding hydrogens is 489 g/mol. The summed E-state index contributed by atoms with van der Waals surface area (Å²) in [6.45, 7) is 7.56. The normalized spacial score (nSPS) is 11.0. The maximum Gasteiger partial charge on any atom is 0.251 e. The molecule has 0 atom stereocenters. The molecule has 30 heavy (non-hydrogen) atoms. The highest BCUT2D eigenvalue weighted by Gasteiger charge is 2.06. The van der Waals surface area contributed by atoms with Gasteiger partial charge in [0.1, 0.15) is 0 Å². The molecule has 2 rings (SSSR count). The molecule has 1 amide bonds. The number of hydrogen-bond donors (Lipinski definition) is 3. The topological polar surface area (TPSA) is 68.8 Å². The van der Waals surface area contributed by atoms with E-state index in [-0.39, 0.29) is 29.9 Å². The van der Waals surface area contributed by atoms with Gasteiger partial charge in [-0.15, -0.1) is 24.0 Å². The van der Waals surface area contributed by atoms with Gasteiger partial charge in [0.15, 0.2) is 5.96 Å². The summed E-state index contributed by atoms with van der Waals surface area (Å²) >= 11 is 0. The van der Waals surface area contributed by atoms with Crippen LogP contribution in [0.4, 0.5) is 0 Å². The van der Waals surface area contributed by atoms with E-state index in [2.05, 4.69) is 52.1 Å². The summed E-state index contributed by atoms with van der Waals surface area (Å²) in [6, 6.07) is 16.1. The molecule has 0 aliphatic heterocycles. The van der Waals surface area contributed by atoms with Crippen LogP contribution < -0.4 is 16.0 Å². The van der Waals surface area contributed by atoms with Crippen molar-refractivity contribution in [1.82, 2.24) is 20.9 Å². The third-order valence-corrected chi connectivity index (χ3v) is 4.38. The lowest BCUT2D eigenvalue weighted by molar-refractivity contribution is 0.0951. The fourth-order valence-electron chi connectivity index (χ4n) is 2.71. The minimum Gasteiger partial charge on any atom is -0.357 e. The first-order chi connectivity index (χ1) is 14.0. The Morgan fingerprint density at radius 3 is 2.40 bits per heavy atom. The molecule has 0 saturated carbocycles. The van der Waals surface area contributed by atoms with Crippen LogP contribution in [0, 0.1) is 6.92 Å². The minimum atomic E-state index is -0.0536. The summed E-state index contributed by atoms with van der Waals surface area (Å²) < 4.78 is 0. The Labute approximate surface area is 197 Å². The van der Waals surface area contributed by atoms with Gasteiger partial charge in [0.25, 0.3) is 5.91 Å². The second-order valence-electron chi connectivity index (χ2n) is 7.29. The molecule has 2 aromatic carbocycles. The summed E-state index contributed by atoms with van der Waals surface area (Å²) in [5.74, 6) is 0.705. The Morgan fingerprint density at radius 1 is 1.00 bits per heavy atom. The van der Waals surface area contributed by atoms with E-state index >= 15 is 0 Å². The van der Waals surface area contributed by atoms with Crippen molar-refractivity contribution in [2.45, 2.75) is 26.9 Å². The number of rotatable bonds is 9. The van der Waals surface area contributed by atoms with Crippen LogP contribution >= 0.6 is 24.0 Å². The Balaban J connectivity index is 0.00000450. The van der Waals surface area contributed by atoms with E-state index in [1.807, 2.05) is 50.2 Å². The van der Waals surface area contributed by atoms with Crippen LogP contribution in [0.2, 0.25) is 0 Å². The van der Waals surface area contributed by atoms with Crippen LogP contribution in [0.5, 0.6) is 0 Å². The molecule has 2 aromatic rings. The number of carbonyl (C=O) groups excluding carboxylic acids is 1. The fraction of sp³-hybridized carbons (Fsp3) is 0.391. The summed E-state index contributed by atoms with van der Waals surface area (Å²) in [6.07, 6.45) is 0. The van der Waals surface area contributed by atoms with Gasteiger partial charge >= 0.3 is 0 Å². The third kappa shape index (κ3) is 9.58. The van der Waals surface area contributed by atoms with Gasteiger partial charge in [-0.25, -0.2) is 4.99 Å². The number of likely N-dealkylation sites (N-methyl/N-ethyl adjacent to an activating group) is 1. The maximum atomic E-state index is 12.3. The zero-order valence-corrected chi connectivity index (χ0v) is 20.7. The van der Waals surface area contributed by atoms with Gasteiger partial charge < -0.3 is 20.9 Å². The average molecular weight is 523 g/mol. The van der Waals surface area contributed by atoms with E-state index in [4.69, 9.17) is 0 Å². The number of nitrogens with one attached hydrogen (secondary N) is 3. The Morgan fingerprint density at radius 2 is 1.73 bits per heavy atom. The Bertz CT molecular complexity index is 805. The van der Waals surface area contributed by atoms with E-state index in [9.17, 15) is 4.79 Å². The first-order valence-corrected chi connectivity index (χ1v) is 10.1. The van der Waals surface area contributed by atoms with Gasteiger partial charge in [-0.05, 0) is 51.2 Å². The van der Waals surface area contributed by atoms with Gasteiger partial charge in [0.2, 0.25) is 0 Å². The highest BCUT2D eigenvalue weighted by atomic mass is 127. The van der Waals surface area contributed by atoms with E-state index in [1.54, 1.807) is 0 Å².